The molecule has 1 saturated heterocycles. The van der Waals surface area contributed by atoms with E-state index in [4.69, 9.17) is 0 Å². The Labute approximate surface area is 117 Å². The third-order valence-corrected chi connectivity index (χ3v) is 6.32. The van der Waals surface area contributed by atoms with Crippen LogP contribution in [0.1, 0.15) is 52.4 Å². The highest BCUT2D eigenvalue weighted by atomic mass is 32.2. The topological polar surface area (TPSA) is 15.3 Å². The van der Waals surface area contributed by atoms with Crippen LogP contribution in [0.2, 0.25) is 0 Å². The van der Waals surface area contributed by atoms with Crippen molar-refractivity contribution in [3.63, 3.8) is 0 Å². The van der Waals surface area contributed by atoms with Crippen molar-refractivity contribution in [2.75, 3.05) is 25.9 Å². The molecule has 0 bridgehead atoms. The van der Waals surface area contributed by atoms with E-state index in [0.717, 1.165) is 6.04 Å². The van der Waals surface area contributed by atoms with Gasteiger partial charge in [0.05, 0.1) is 0 Å². The van der Waals surface area contributed by atoms with E-state index in [0.29, 0.717) is 10.8 Å². The molecule has 2 rings (SSSR count). The minimum atomic E-state index is 0.587. The van der Waals surface area contributed by atoms with Gasteiger partial charge in [0, 0.05) is 23.4 Å². The minimum Gasteiger partial charge on any atom is -0.313 e. The van der Waals surface area contributed by atoms with Gasteiger partial charge in [0.25, 0.3) is 0 Å². The molecule has 3 heteroatoms. The first kappa shape index (κ1) is 14.7. The standard InChI is InChI=1S/C15H30N2S/c1-13(2)17-10-4-6-14(7-11-17)16-12-15(18-3)8-5-9-15/h13-14,16H,4-12H2,1-3H3. The molecule has 0 radical (unpaired) electrons. The van der Waals surface area contributed by atoms with Crippen molar-refractivity contribution in [3.8, 4) is 0 Å². The molecular weight excluding hydrogens is 240 g/mol. The molecule has 1 aliphatic carbocycles. The number of hydrogen-bond donors (Lipinski definition) is 1. The summed E-state index contributed by atoms with van der Waals surface area (Å²) in [6.45, 7) is 8.46. The zero-order chi connectivity index (χ0) is 13.0. The highest BCUT2D eigenvalue weighted by Crippen LogP contribution is 2.42. The van der Waals surface area contributed by atoms with Crippen molar-refractivity contribution in [1.29, 1.82) is 0 Å². The zero-order valence-electron chi connectivity index (χ0n) is 12.4. The first-order valence-electron chi connectivity index (χ1n) is 7.68. The number of rotatable bonds is 5. The van der Waals surface area contributed by atoms with Gasteiger partial charge in [-0.1, -0.05) is 6.42 Å². The highest BCUT2D eigenvalue weighted by Gasteiger charge is 2.36. The van der Waals surface area contributed by atoms with E-state index in [-0.39, 0.29) is 0 Å². The SMILES string of the molecule is CSC1(CNC2CCCN(C(C)C)CC2)CCC1. The summed E-state index contributed by atoms with van der Waals surface area (Å²) >= 11 is 2.09. The van der Waals surface area contributed by atoms with Crippen LogP contribution < -0.4 is 5.32 Å². The number of likely N-dealkylation sites (tertiary alicyclic amines) is 1. The summed E-state index contributed by atoms with van der Waals surface area (Å²) in [4.78, 5) is 2.63. The molecule has 1 unspecified atom stereocenters. The van der Waals surface area contributed by atoms with Crippen LogP contribution >= 0.6 is 11.8 Å². The summed E-state index contributed by atoms with van der Waals surface area (Å²) in [5, 5.41) is 3.87. The Morgan fingerprint density at radius 2 is 2.00 bits per heavy atom. The van der Waals surface area contributed by atoms with E-state index < -0.39 is 0 Å². The Kier molecular flexibility index (Phi) is 5.40. The van der Waals surface area contributed by atoms with Crippen LogP contribution in [0.25, 0.3) is 0 Å². The Hall–Kier alpha value is 0.270. The molecule has 1 N–H and O–H groups in total. The molecule has 106 valence electrons. The summed E-state index contributed by atoms with van der Waals surface area (Å²) in [5.41, 5.74) is 0. The van der Waals surface area contributed by atoms with Crippen LogP contribution in [0.3, 0.4) is 0 Å². The van der Waals surface area contributed by atoms with Crippen molar-refractivity contribution in [2.24, 2.45) is 0 Å². The van der Waals surface area contributed by atoms with Gasteiger partial charge in [-0.15, -0.1) is 0 Å². The van der Waals surface area contributed by atoms with Crippen LogP contribution in [0.15, 0.2) is 0 Å². The second kappa shape index (κ2) is 6.62. The van der Waals surface area contributed by atoms with Gasteiger partial charge in [0.2, 0.25) is 0 Å². The Bertz CT molecular complexity index is 245. The van der Waals surface area contributed by atoms with Gasteiger partial charge in [-0.2, -0.15) is 11.8 Å². The smallest absolute Gasteiger partial charge is 0.0281 e. The number of nitrogens with zero attached hydrogens (tertiary/aromatic N) is 1. The molecule has 2 nitrogen and oxygen atoms in total. The summed E-state index contributed by atoms with van der Waals surface area (Å²) in [6.07, 6.45) is 10.6. The molecule has 2 aliphatic rings. The van der Waals surface area contributed by atoms with E-state index in [2.05, 4.69) is 42.1 Å². The van der Waals surface area contributed by atoms with Crippen LogP contribution in [0.4, 0.5) is 0 Å². The summed E-state index contributed by atoms with van der Waals surface area (Å²) in [5.74, 6) is 0. The van der Waals surface area contributed by atoms with E-state index in [9.17, 15) is 0 Å². The van der Waals surface area contributed by atoms with Gasteiger partial charge in [-0.3, -0.25) is 0 Å². The molecule has 1 heterocycles. The fraction of sp³-hybridized carbons (Fsp3) is 1.00. The van der Waals surface area contributed by atoms with Gasteiger partial charge in [0.1, 0.15) is 0 Å². The lowest BCUT2D eigenvalue weighted by Gasteiger charge is -2.41. The number of nitrogens with one attached hydrogen (secondary N) is 1. The summed E-state index contributed by atoms with van der Waals surface area (Å²) in [7, 11) is 0. The summed E-state index contributed by atoms with van der Waals surface area (Å²) < 4.78 is 0.587. The van der Waals surface area contributed by atoms with E-state index in [1.807, 2.05) is 0 Å². The molecule has 2 fully saturated rings. The first-order chi connectivity index (χ1) is 8.65. The van der Waals surface area contributed by atoms with Crippen LogP contribution in [0, 0.1) is 0 Å². The average Bonchev–Trinajstić information content (AvgIpc) is 2.54. The molecule has 18 heavy (non-hydrogen) atoms. The van der Waals surface area contributed by atoms with E-state index in [1.165, 1.54) is 58.2 Å². The van der Waals surface area contributed by atoms with Gasteiger partial charge in [0.15, 0.2) is 0 Å². The Morgan fingerprint density at radius 3 is 2.56 bits per heavy atom. The lowest BCUT2D eigenvalue weighted by Crippen LogP contribution is -2.46. The fourth-order valence-corrected chi connectivity index (χ4v) is 4.12. The fourth-order valence-electron chi connectivity index (χ4n) is 3.19. The highest BCUT2D eigenvalue weighted by molar-refractivity contribution is 8.00. The Morgan fingerprint density at radius 1 is 1.22 bits per heavy atom. The molecule has 1 saturated carbocycles. The second-order valence-corrected chi connectivity index (χ2v) is 7.65. The second-order valence-electron chi connectivity index (χ2n) is 6.38. The maximum absolute atomic E-state index is 3.87. The quantitative estimate of drug-likeness (QED) is 0.826. The third kappa shape index (κ3) is 3.64. The molecule has 0 aromatic rings. The largest absolute Gasteiger partial charge is 0.313 e. The average molecular weight is 270 g/mol. The van der Waals surface area contributed by atoms with Crippen molar-refractivity contribution in [1.82, 2.24) is 10.2 Å². The molecule has 0 aromatic carbocycles. The van der Waals surface area contributed by atoms with E-state index in [1.54, 1.807) is 0 Å². The van der Waals surface area contributed by atoms with Crippen molar-refractivity contribution >= 4 is 11.8 Å². The predicted octanol–water partition coefficient (Wildman–Crippen LogP) is 3.12. The van der Waals surface area contributed by atoms with Crippen LogP contribution in [-0.4, -0.2) is 47.6 Å². The predicted molar refractivity (Wildman–Crippen MR) is 82.4 cm³/mol. The van der Waals surface area contributed by atoms with Crippen LogP contribution in [-0.2, 0) is 0 Å². The maximum Gasteiger partial charge on any atom is 0.0281 e. The lowest BCUT2D eigenvalue weighted by molar-refractivity contribution is 0.228. The number of thioether (sulfide) groups is 1. The molecular formula is C15H30N2S. The van der Waals surface area contributed by atoms with Crippen molar-refractivity contribution < 1.29 is 0 Å². The zero-order valence-corrected chi connectivity index (χ0v) is 13.2. The monoisotopic (exact) mass is 270 g/mol. The summed E-state index contributed by atoms with van der Waals surface area (Å²) in [6, 6.07) is 1.48. The molecule has 0 amide bonds. The molecule has 0 spiro atoms. The lowest BCUT2D eigenvalue weighted by atomic mass is 9.84. The van der Waals surface area contributed by atoms with Crippen LogP contribution in [0.5, 0.6) is 0 Å². The van der Waals surface area contributed by atoms with E-state index >= 15 is 0 Å². The van der Waals surface area contributed by atoms with Gasteiger partial charge < -0.3 is 10.2 Å². The van der Waals surface area contributed by atoms with Gasteiger partial charge >= 0.3 is 0 Å². The third-order valence-electron chi connectivity index (χ3n) is 4.90. The minimum absolute atomic E-state index is 0.587. The van der Waals surface area contributed by atoms with Crippen molar-refractivity contribution in [2.45, 2.75) is 69.2 Å². The van der Waals surface area contributed by atoms with Gasteiger partial charge in [-0.05, 0) is 65.3 Å². The normalized spacial score (nSPS) is 29.0. The first-order valence-corrected chi connectivity index (χ1v) is 8.90. The molecule has 0 aromatic heterocycles. The van der Waals surface area contributed by atoms with Crippen molar-refractivity contribution in [3.05, 3.63) is 0 Å². The maximum atomic E-state index is 3.87. The molecule has 1 aliphatic heterocycles. The Balaban J connectivity index is 1.73. The van der Waals surface area contributed by atoms with Gasteiger partial charge in [-0.25, -0.2) is 0 Å². The molecule has 1 atom stereocenters. The number of hydrogen-bond acceptors (Lipinski definition) is 3.